The Hall–Kier alpha value is -0.0500. The fourth-order valence-corrected chi connectivity index (χ4v) is 2.43. The number of hydrogen-bond acceptors (Lipinski definition) is 1. The predicted octanol–water partition coefficient (Wildman–Crippen LogP) is 2.81. The molecule has 2 unspecified atom stereocenters. The largest absolute Gasteiger partial charge is 0.340 e. The van der Waals surface area contributed by atoms with Crippen molar-refractivity contribution in [2.45, 2.75) is 45.6 Å². The van der Waals surface area contributed by atoms with Crippen molar-refractivity contribution in [2.24, 2.45) is 5.92 Å². The first-order valence-corrected chi connectivity index (χ1v) is 6.66. The molecular weight excluding hydrogens is 242 g/mol. The Balaban J connectivity index is 2.40. The van der Waals surface area contributed by atoms with E-state index >= 15 is 0 Å². The standard InChI is InChI=1S/C11H20BrNO/c1-3-4-5-9(2)13-8-10(7-12)6-11(13)14/h9-10H,3-8H2,1-2H3. The smallest absolute Gasteiger partial charge is 0.223 e. The summed E-state index contributed by atoms with van der Waals surface area (Å²) < 4.78 is 0. The predicted molar refractivity (Wildman–Crippen MR) is 62.6 cm³/mol. The minimum atomic E-state index is 0.345. The number of nitrogens with zero attached hydrogens (tertiary/aromatic N) is 1. The molecule has 0 N–H and O–H groups in total. The molecule has 14 heavy (non-hydrogen) atoms. The molecule has 0 aromatic heterocycles. The molecule has 1 aliphatic heterocycles. The van der Waals surface area contributed by atoms with Crippen LogP contribution in [0.15, 0.2) is 0 Å². The zero-order chi connectivity index (χ0) is 10.6. The number of hydrogen-bond donors (Lipinski definition) is 0. The van der Waals surface area contributed by atoms with Crippen molar-refractivity contribution in [3.63, 3.8) is 0 Å². The molecule has 1 heterocycles. The molecule has 1 saturated heterocycles. The third-order valence-corrected chi connectivity index (χ3v) is 3.88. The number of amides is 1. The molecule has 1 rings (SSSR count). The van der Waals surface area contributed by atoms with E-state index in [0.717, 1.165) is 24.7 Å². The van der Waals surface area contributed by atoms with Crippen LogP contribution in [0.3, 0.4) is 0 Å². The molecular formula is C11H20BrNO. The molecule has 2 nitrogen and oxygen atoms in total. The molecule has 0 aliphatic carbocycles. The van der Waals surface area contributed by atoms with Gasteiger partial charge in [-0.3, -0.25) is 4.79 Å². The molecule has 82 valence electrons. The first kappa shape index (κ1) is 12.0. The number of carbonyl (C=O) groups is 1. The second-order valence-corrected chi connectivity index (χ2v) is 4.91. The minimum absolute atomic E-state index is 0.345. The van der Waals surface area contributed by atoms with Gasteiger partial charge in [0.15, 0.2) is 0 Å². The molecule has 0 bridgehead atoms. The lowest BCUT2D eigenvalue weighted by Crippen LogP contribution is -2.34. The van der Waals surface area contributed by atoms with Crippen molar-refractivity contribution in [1.82, 2.24) is 4.90 Å². The topological polar surface area (TPSA) is 20.3 Å². The van der Waals surface area contributed by atoms with Gasteiger partial charge in [-0.1, -0.05) is 35.7 Å². The van der Waals surface area contributed by atoms with Gasteiger partial charge in [-0.2, -0.15) is 0 Å². The van der Waals surface area contributed by atoms with Gasteiger partial charge in [-0.25, -0.2) is 0 Å². The summed E-state index contributed by atoms with van der Waals surface area (Å²) in [6.45, 7) is 5.32. The van der Waals surface area contributed by atoms with Gasteiger partial charge in [-0.05, 0) is 19.3 Å². The van der Waals surface area contributed by atoms with Gasteiger partial charge in [0, 0.05) is 24.3 Å². The Bertz CT molecular complexity index is 196. The van der Waals surface area contributed by atoms with Gasteiger partial charge in [-0.15, -0.1) is 0 Å². The van der Waals surface area contributed by atoms with Gasteiger partial charge in [0.2, 0.25) is 5.91 Å². The number of halogens is 1. The number of likely N-dealkylation sites (tertiary alicyclic amines) is 1. The monoisotopic (exact) mass is 261 g/mol. The van der Waals surface area contributed by atoms with Crippen LogP contribution in [0.2, 0.25) is 0 Å². The summed E-state index contributed by atoms with van der Waals surface area (Å²) in [5.41, 5.74) is 0. The third kappa shape index (κ3) is 2.97. The van der Waals surface area contributed by atoms with Crippen LogP contribution in [0.5, 0.6) is 0 Å². The van der Waals surface area contributed by atoms with Gasteiger partial charge in [0.05, 0.1) is 0 Å². The van der Waals surface area contributed by atoms with Crippen molar-refractivity contribution >= 4 is 21.8 Å². The van der Waals surface area contributed by atoms with Gasteiger partial charge in [0.1, 0.15) is 0 Å². The molecule has 0 spiro atoms. The zero-order valence-electron chi connectivity index (χ0n) is 9.13. The highest BCUT2D eigenvalue weighted by Crippen LogP contribution is 2.23. The maximum atomic E-state index is 11.7. The Morgan fingerprint density at radius 1 is 1.64 bits per heavy atom. The van der Waals surface area contributed by atoms with E-state index in [2.05, 4.69) is 34.7 Å². The van der Waals surface area contributed by atoms with Crippen LogP contribution < -0.4 is 0 Å². The summed E-state index contributed by atoms with van der Waals surface area (Å²) in [5, 5.41) is 0.954. The molecule has 1 amide bonds. The number of alkyl halides is 1. The highest BCUT2D eigenvalue weighted by Gasteiger charge is 2.31. The van der Waals surface area contributed by atoms with Crippen LogP contribution >= 0.6 is 15.9 Å². The molecule has 0 aromatic rings. The molecule has 1 fully saturated rings. The summed E-state index contributed by atoms with van der Waals surface area (Å²) in [6.07, 6.45) is 4.33. The second kappa shape index (κ2) is 5.74. The highest BCUT2D eigenvalue weighted by molar-refractivity contribution is 9.09. The van der Waals surface area contributed by atoms with Crippen LogP contribution in [0.1, 0.15) is 39.5 Å². The average molecular weight is 262 g/mol. The molecule has 0 saturated carbocycles. The van der Waals surface area contributed by atoms with E-state index in [1.54, 1.807) is 0 Å². The summed E-state index contributed by atoms with van der Waals surface area (Å²) >= 11 is 3.45. The van der Waals surface area contributed by atoms with Crippen LogP contribution in [0.4, 0.5) is 0 Å². The summed E-state index contributed by atoms with van der Waals surface area (Å²) in [4.78, 5) is 13.7. The SMILES string of the molecule is CCCCC(C)N1CC(CBr)CC1=O. The van der Waals surface area contributed by atoms with Crippen molar-refractivity contribution < 1.29 is 4.79 Å². The van der Waals surface area contributed by atoms with Crippen LogP contribution in [0.25, 0.3) is 0 Å². The molecule has 2 atom stereocenters. The molecule has 1 aliphatic rings. The van der Waals surface area contributed by atoms with Crippen molar-refractivity contribution in [3.8, 4) is 0 Å². The first-order valence-electron chi connectivity index (χ1n) is 5.54. The van der Waals surface area contributed by atoms with Crippen molar-refractivity contribution in [3.05, 3.63) is 0 Å². The Morgan fingerprint density at radius 2 is 2.36 bits per heavy atom. The van der Waals surface area contributed by atoms with Gasteiger partial charge >= 0.3 is 0 Å². The Kier molecular flexibility index (Phi) is 4.93. The second-order valence-electron chi connectivity index (χ2n) is 4.26. The van der Waals surface area contributed by atoms with E-state index in [0.29, 0.717) is 17.9 Å². The van der Waals surface area contributed by atoms with Crippen molar-refractivity contribution in [2.75, 3.05) is 11.9 Å². The molecule has 0 radical (unpaired) electrons. The highest BCUT2D eigenvalue weighted by atomic mass is 79.9. The minimum Gasteiger partial charge on any atom is -0.340 e. The summed E-state index contributed by atoms with van der Waals surface area (Å²) in [6, 6.07) is 0.437. The quantitative estimate of drug-likeness (QED) is 0.698. The van der Waals surface area contributed by atoms with E-state index in [9.17, 15) is 4.79 Å². The lowest BCUT2D eigenvalue weighted by molar-refractivity contribution is -0.129. The van der Waals surface area contributed by atoms with E-state index < -0.39 is 0 Å². The van der Waals surface area contributed by atoms with E-state index in [4.69, 9.17) is 0 Å². The molecule has 3 heteroatoms. The van der Waals surface area contributed by atoms with E-state index in [1.807, 2.05) is 0 Å². The Morgan fingerprint density at radius 3 is 2.86 bits per heavy atom. The van der Waals surface area contributed by atoms with Crippen LogP contribution in [-0.4, -0.2) is 28.7 Å². The number of carbonyl (C=O) groups excluding carboxylic acids is 1. The van der Waals surface area contributed by atoms with E-state index in [-0.39, 0.29) is 0 Å². The summed E-state index contributed by atoms with van der Waals surface area (Å²) in [7, 11) is 0. The van der Waals surface area contributed by atoms with Crippen LogP contribution in [0, 0.1) is 5.92 Å². The van der Waals surface area contributed by atoms with Crippen molar-refractivity contribution in [1.29, 1.82) is 0 Å². The lowest BCUT2D eigenvalue weighted by atomic mass is 10.1. The normalized spacial score (nSPS) is 24.4. The third-order valence-electron chi connectivity index (χ3n) is 2.96. The van der Waals surface area contributed by atoms with E-state index in [1.165, 1.54) is 12.8 Å². The average Bonchev–Trinajstić information content (AvgIpc) is 2.56. The summed E-state index contributed by atoms with van der Waals surface area (Å²) in [5.74, 6) is 0.879. The van der Waals surface area contributed by atoms with Gasteiger partial charge in [0.25, 0.3) is 0 Å². The lowest BCUT2D eigenvalue weighted by Gasteiger charge is -2.24. The van der Waals surface area contributed by atoms with Crippen LogP contribution in [-0.2, 0) is 4.79 Å². The first-order chi connectivity index (χ1) is 6.69. The Labute approximate surface area is 95.2 Å². The molecule has 0 aromatic carbocycles. The fraction of sp³-hybridized carbons (Fsp3) is 0.909. The zero-order valence-corrected chi connectivity index (χ0v) is 10.7. The van der Waals surface area contributed by atoms with Gasteiger partial charge < -0.3 is 4.90 Å². The number of unbranched alkanes of at least 4 members (excludes halogenated alkanes) is 1. The number of rotatable bonds is 5. The maximum Gasteiger partial charge on any atom is 0.223 e. The maximum absolute atomic E-state index is 11.7. The fourth-order valence-electron chi connectivity index (χ4n) is 1.99.